The summed E-state index contributed by atoms with van der Waals surface area (Å²) in [4.78, 5) is 12.1. The summed E-state index contributed by atoms with van der Waals surface area (Å²) in [5.41, 5.74) is 0.675. The Kier molecular flexibility index (Phi) is 7.53. The number of nitrogens with one attached hydrogen (secondary N) is 2. The van der Waals surface area contributed by atoms with Gasteiger partial charge in [0.25, 0.3) is 0 Å². The average Bonchev–Trinajstić information content (AvgIpc) is 2.43. The summed E-state index contributed by atoms with van der Waals surface area (Å²) in [6, 6.07) is 7.31. The summed E-state index contributed by atoms with van der Waals surface area (Å²) in [7, 11) is 0. The smallest absolute Gasteiger partial charge is 0.308 e. The first-order valence-corrected chi connectivity index (χ1v) is 8.40. The highest BCUT2D eigenvalue weighted by Crippen LogP contribution is 2.21. The number of nitriles is 1. The number of halogens is 1. The number of benzene rings is 1. The van der Waals surface area contributed by atoms with E-state index >= 15 is 0 Å². The average molecular weight is 352 g/mol. The second-order valence-corrected chi connectivity index (χ2v) is 7.41. The fourth-order valence-electron chi connectivity index (χ4n) is 2.07. The summed E-state index contributed by atoms with van der Waals surface area (Å²) in [6.45, 7) is 10.2. The molecular formula is C18H26ClN3O2. The minimum Gasteiger partial charge on any atom is -0.460 e. The molecule has 1 rings (SSSR count). The van der Waals surface area contributed by atoms with Crippen LogP contribution in [-0.4, -0.2) is 30.2 Å². The second-order valence-electron chi connectivity index (χ2n) is 7.00. The molecule has 0 heterocycles. The highest BCUT2D eigenvalue weighted by molar-refractivity contribution is 6.32. The number of hydrogen-bond donors (Lipinski definition) is 2. The number of hydrogen-bond acceptors (Lipinski definition) is 5. The largest absolute Gasteiger partial charge is 0.460 e. The Balaban J connectivity index is 2.80. The van der Waals surface area contributed by atoms with E-state index in [4.69, 9.17) is 21.6 Å². The third-order valence-corrected chi connectivity index (χ3v) is 3.38. The highest BCUT2D eigenvalue weighted by atomic mass is 35.5. The van der Waals surface area contributed by atoms with Crippen LogP contribution in [0.4, 0.5) is 5.69 Å². The first kappa shape index (κ1) is 20.3. The number of rotatable bonds is 7. The van der Waals surface area contributed by atoms with Gasteiger partial charge in [-0.3, -0.25) is 4.79 Å². The molecular weight excluding hydrogens is 326 g/mol. The third-order valence-electron chi connectivity index (χ3n) is 3.07. The van der Waals surface area contributed by atoms with Crippen LogP contribution in [0.25, 0.3) is 0 Å². The van der Waals surface area contributed by atoms with E-state index in [1.165, 1.54) is 0 Å². The maximum absolute atomic E-state index is 12.1. The topological polar surface area (TPSA) is 74.2 Å². The van der Waals surface area contributed by atoms with Crippen molar-refractivity contribution in [3.8, 4) is 6.07 Å². The monoisotopic (exact) mass is 351 g/mol. The quantitative estimate of drug-likeness (QED) is 0.732. The number of esters is 1. The molecule has 0 unspecified atom stereocenters. The Morgan fingerprint density at radius 2 is 2.04 bits per heavy atom. The van der Waals surface area contributed by atoms with Gasteiger partial charge in [-0.05, 0) is 39.0 Å². The maximum atomic E-state index is 12.1. The summed E-state index contributed by atoms with van der Waals surface area (Å²) in [5, 5.41) is 15.9. The number of ether oxygens (including phenoxy) is 1. The molecule has 0 saturated heterocycles. The van der Waals surface area contributed by atoms with Crippen LogP contribution in [0.15, 0.2) is 18.2 Å². The maximum Gasteiger partial charge on any atom is 0.308 e. The molecule has 0 bridgehead atoms. The highest BCUT2D eigenvalue weighted by Gasteiger charge is 2.21. The van der Waals surface area contributed by atoms with Crippen LogP contribution in [0.1, 0.15) is 46.6 Å². The number of carbonyl (C=O) groups excluding carboxylic acids is 1. The molecule has 0 radical (unpaired) electrons. The molecule has 1 aromatic carbocycles. The van der Waals surface area contributed by atoms with Crippen LogP contribution in [0.5, 0.6) is 0 Å². The third kappa shape index (κ3) is 7.67. The predicted molar refractivity (Wildman–Crippen MR) is 97.2 cm³/mol. The lowest BCUT2D eigenvalue weighted by atomic mass is 10.1. The van der Waals surface area contributed by atoms with Gasteiger partial charge in [0.1, 0.15) is 11.7 Å². The van der Waals surface area contributed by atoms with Crippen molar-refractivity contribution < 1.29 is 9.53 Å². The summed E-state index contributed by atoms with van der Waals surface area (Å²) < 4.78 is 5.40. The van der Waals surface area contributed by atoms with Crippen molar-refractivity contribution in [1.29, 1.82) is 5.26 Å². The molecule has 132 valence electrons. The van der Waals surface area contributed by atoms with E-state index in [-0.39, 0.29) is 18.4 Å². The Morgan fingerprint density at radius 1 is 1.38 bits per heavy atom. The van der Waals surface area contributed by atoms with Gasteiger partial charge in [0.05, 0.1) is 17.0 Å². The van der Waals surface area contributed by atoms with Crippen molar-refractivity contribution in [1.82, 2.24) is 5.32 Å². The van der Waals surface area contributed by atoms with Crippen LogP contribution in [0.2, 0.25) is 5.02 Å². The molecule has 2 N–H and O–H groups in total. The molecule has 5 nitrogen and oxygen atoms in total. The van der Waals surface area contributed by atoms with Gasteiger partial charge in [-0.1, -0.05) is 25.4 Å². The van der Waals surface area contributed by atoms with Gasteiger partial charge in [0.2, 0.25) is 0 Å². The fraction of sp³-hybridized carbons (Fsp3) is 0.556. The van der Waals surface area contributed by atoms with Gasteiger partial charge >= 0.3 is 5.97 Å². The fourth-order valence-corrected chi connectivity index (χ4v) is 2.29. The van der Waals surface area contributed by atoms with Crippen molar-refractivity contribution in [2.45, 2.75) is 58.7 Å². The molecule has 0 aliphatic carbocycles. The van der Waals surface area contributed by atoms with E-state index in [0.29, 0.717) is 23.2 Å². The van der Waals surface area contributed by atoms with Crippen LogP contribution in [0, 0.1) is 11.3 Å². The van der Waals surface area contributed by atoms with Gasteiger partial charge < -0.3 is 15.4 Å². The van der Waals surface area contributed by atoms with E-state index in [9.17, 15) is 4.79 Å². The summed E-state index contributed by atoms with van der Waals surface area (Å²) >= 11 is 6.06. The molecule has 0 fully saturated rings. The lowest BCUT2D eigenvalue weighted by Gasteiger charge is -2.24. The normalized spacial score (nSPS) is 12.6. The zero-order chi connectivity index (χ0) is 18.3. The van der Waals surface area contributed by atoms with Crippen LogP contribution >= 0.6 is 11.6 Å². The molecule has 0 saturated carbocycles. The van der Waals surface area contributed by atoms with E-state index in [1.54, 1.807) is 18.2 Å². The van der Waals surface area contributed by atoms with Crippen molar-refractivity contribution in [2.24, 2.45) is 0 Å². The molecule has 0 aliphatic heterocycles. The van der Waals surface area contributed by atoms with E-state index in [0.717, 1.165) is 5.69 Å². The zero-order valence-corrected chi connectivity index (χ0v) is 15.7. The number of nitrogens with zero attached hydrogens (tertiary/aromatic N) is 1. The molecule has 6 heteroatoms. The first-order valence-electron chi connectivity index (χ1n) is 8.02. The zero-order valence-electron chi connectivity index (χ0n) is 14.9. The predicted octanol–water partition coefficient (Wildman–Crippen LogP) is 3.72. The first-order chi connectivity index (χ1) is 11.1. The molecule has 0 aliphatic rings. The van der Waals surface area contributed by atoms with Gasteiger partial charge in [-0.15, -0.1) is 0 Å². The van der Waals surface area contributed by atoms with Gasteiger partial charge in [-0.2, -0.15) is 5.26 Å². The van der Waals surface area contributed by atoms with E-state index in [1.807, 2.05) is 40.7 Å². The Morgan fingerprint density at radius 3 is 2.54 bits per heavy atom. The number of anilines is 1. The SMILES string of the molecule is CC(C)NC[C@H](CC(=O)OC(C)(C)C)Nc1ccc(C#N)c(Cl)c1. The summed E-state index contributed by atoms with van der Waals surface area (Å²) in [5.74, 6) is -0.259. The van der Waals surface area contributed by atoms with E-state index in [2.05, 4.69) is 10.6 Å². The summed E-state index contributed by atoms with van der Waals surface area (Å²) in [6.07, 6.45) is 0.231. The van der Waals surface area contributed by atoms with Crippen LogP contribution in [-0.2, 0) is 9.53 Å². The van der Waals surface area contributed by atoms with Crippen molar-refractivity contribution in [3.05, 3.63) is 28.8 Å². The lowest BCUT2D eigenvalue weighted by molar-refractivity contribution is -0.155. The van der Waals surface area contributed by atoms with Gasteiger partial charge in [0.15, 0.2) is 0 Å². The number of carbonyl (C=O) groups is 1. The van der Waals surface area contributed by atoms with Crippen molar-refractivity contribution >= 4 is 23.3 Å². The van der Waals surface area contributed by atoms with Crippen LogP contribution in [0.3, 0.4) is 0 Å². The molecule has 24 heavy (non-hydrogen) atoms. The standard InChI is InChI=1S/C18H26ClN3O2/c1-12(2)21-11-15(9-17(23)24-18(3,4)5)22-14-7-6-13(10-20)16(19)8-14/h6-8,12,15,21-22H,9,11H2,1-5H3/t15-/m0/s1. The minimum absolute atomic E-state index is 0.147. The molecule has 0 amide bonds. The minimum atomic E-state index is -0.509. The molecule has 1 aromatic rings. The molecule has 0 spiro atoms. The Hall–Kier alpha value is -1.77. The molecule has 0 aromatic heterocycles. The van der Waals surface area contributed by atoms with Gasteiger partial charge in [-0.25, -0.2) is 0 Å². The second kappa shape index (κ2) is 8.91. The van der Waals surface area contributed by atoms with Gasteiger partial charge in [0, 0.05) is 24.3 Å². The Bertz CT molecular complexity index is 603. The lowest BCUT2D eigenvalue weighted by Crippen LogP contribution is -2.39. The van der Waals surface area contributed by atoms with Crippen molar-refractivity contribution in [2.75, 3.05) is 11.9 Å². The van der Waals surface area contributed by atoms with E-state index < -0.39 is 5.60 Å². The molecule has 1 atom stereocenters. The van der Waals surface area contributed by atoms with Crippen molar-refractivity contribution in [3.63, 3.8) is 0 Å². The Labute approximate surface area is 149 Å². The van der Waals surface area contributed by atoms with Crippen LogP contribution < -0.4 is 10.6 Å².